The lowest BCUT2D eigenvalue weighted by Gasteiger charge is -2.30. The quantitative estimate of drug-likeness (QED) is 0.685. The summed E-state index contributed by atoms with van der Waals surface area (Å²) in [6, 6.07) is -1.38. The number of carboxylic acid groups (broad SMARTS) is 1. The largest absolute Gasteiger partial charge is 0.480 e. The number of nitrogens with zero attached hydrogens (tertiary/aromatic N) is 1. The predicted molar refractivity (Wildman–Crippen MR) is 73.1 cm³/mol. The first-order chi connectivity index (χ1) is 8.73. The molecule has 0 spiro atoms. The molecule has 6 heteroatoms. The summed E-state index contributed by atoms with van der Waals surface area (Å²) in [6.45, 7) is 9.97. The van der Waals surface area contributed by atoms with Gasteiger partial charge >= 0.3 is 12.0 Å². The molecule has 1 atom stereocenters. The molecule has 0 aromatic heterocycles. The van der Waals surface area contributed by atoms with E-state index in [1.54, 1.807) is 34.0 Å². The van der Waals surface area contributed by atoms with Crippen LogP contribution in [0.5, 0.6) is 0 Å². The minimum atomic E-state index is -1.05. The van der Waals surface area contributed by atoms with Gasteiger partial charge in [-0.05, 0) is 5.41 Å². The fourth-order valence-electron chi connectivity index (χ4n) is 1.50. The van der Waals surface area contributed by atoms with Crippen LogP contribution in [0, 0.1) is 5.41 Å². The summed E-state index contributed by atoms with van der Waals surface area (Å²) in [5.74, 6) is -1.05. The number of hydrogen-bond acceptors (Lipinski definition) is 3. The third kappa shape index (κ3) is 6.24. The Bertz CT molecular complexity index is 323. The number of aliphatic carboxylic acids is 1. The summed E-state index contributed by atoms with van der Waals surface area (Å²) in [6.07, 6.45) is 1.59. The Labute approximate surface area is 114 Å². The van der Waals surface area contributed by atoms with Crippen LogP contribution < -0.4 is 5.32 Å². The number of carbonyl (C=O) groups excluding carboxylic acids is 1. The van der Waals surface area contributed by atoms with E-state index in [4.69, 9.17) is 9.84 Å². The molecule has 0 saturated heterocycles. The zero-order valence-corrected chi connectivity index (χ0v) is 12.1. The lowest BCUT2D eigenvalue weighted by molar-refractivity contribution is -0.142. The van der Waals surface area contributed by atoms with E-state index >= 15 is 0 Å². The van der Waals surface area contributed by atoms with E-state index in [-0.39, 0.29) is 0 Å². The van der Waals surface area contributed by atoms with Crippen molar-refractivity contribution in [2.45, 2.75) is 26.8 Å². The zero-order valence-electron chi connectivity index (χ0n) is 12.1. The fourth-order valence-corrected chi connectivity index (χ4v) is 1.50. The molecule has 2 amide bonds. The molecule has 0 aromatic rings. The molecule has 19 heavy (non-hydrogen) atoms. The van der Waals surface area contributed by atoms with E-state index < -0.39 is 23.5 Å². The average Bonchev–Trinajstić information content (AvgIpc) is 2.29. The number of urea groups is 1. The number of methoxy groups -OCH3 is 1. The highest BCUT2D eigenvalue weighted by molar-refractivity contribution is 5.83. The van der Waals surface area contributed by atoms with Crippen molar-refractivity contribution >= 4 is 12.0 Å². The molecular formula is C13H24N2O4. The van der Waals surface area contributed by atoms with Crippen LogP contribution in [0.2, 0.25) is 0 Å². The van der Waals surface area contributed by atoms with Gasteiger partial charge in [0.25, 0.3) is 0 Å². The van der Waals surface area contributed by atoms with Crippen molar-refractivity contribution in [2.24, 2.45) is 5.41 Å². The number of hydrogen-bond donors (Lipinski definition) is 2. The van der Waals surface area contributed by atoms with Gasteiger partial charge in [-0.1, -0.05) is 26.8 Å². The molecule has 0 aliphatic heterocycles. The van der Waals surface area contributed by atoms with Crippen molar-refractivity contribution in [3.8, 4) is 0 Å². The van der Waals surface area contributed by atoms with E-state index in [9.17, 15) is 9.59 Å². The van der Waals surface area contributed by atoms with Crippen molar-refractivity contribution in [3.05, 3.63) is 12.7 Å². The minimum absolute atomic E-state index is 0.339. The number of rotatable bonds is 7. The van der Waals surface area contributed by atoms with E-state index in [1.807, 2.05) is 0 Å². The monoisotopic (exact) mass is 272 g/mol. The van der Waals surface area contributed by atoms with Crippen molar-refractivity contribution in [1.82, 2.24) is 10.2 Å². The number of nitrogens with one attached hydrogen (secondary N) is 1. The van der Waals surface area contributed by atoms with E-state index in [0.717, 1.165) is 0 Å². The Balaban J connectivity index is 4.75. The maximum Gasteiger partial charge on any atom is 0.326 e. The van der Waals surface area contributed by atoms with Gasteiger partial charge in [0, 0.05) is 20.2 Å². The molecule has 6 nitrogen and oxygen atoms in total. The highest BCUT2D eigenvalue weighted by Crippen LogP contribution is 2.19. The molecule has 0 aliphatic carbocycles. The third-order valence-corrected chi connectivity index (χ3v) is 2.58. The fraction of sp³-hybridized carbons (Fsp3) is 0.692. The molecule has 0 aliphatic rings. The summed E-state index contributed by atoms with van der Waals surface area (Å²) in [4.78, 5) is 24.7. The third-order valence-electron chi connectivity index (χ3n) is 2.58. The molecule has 0 rings (SSSR count). The van der Waals surface area contributed by atoms with Crippen LogP contribution in [0.1, 0.15) is 20.8 Å². The normalized spacial score (nSPS) is 12.6. The van der Waals surface area contributed by atoms with Crippen molar-refractivity contribution < 1.29 is 19.4 Å². The van der Waals surface area contributed by atoms with Crippen LogP contribution in [0.15, 0.2) is 12.7 Å². The maximum atomic E-state index is 12.0. The number of ether oxygens (including phenoxy) is 1. The van der Waals surface area contributed by atoms with Gasteiger partial charge in [-0.3, -0.25) is 0 Å². The van der Waals surface area contributed by atoms with Gasteiger partial charge in [-0.25, -0.2) is 9.59 Å². The van der Waals surface area contributed by atoms with Gasteiger partial charge in [-0.15, -0.1) is 6.58 Å². The Morgan fingerprint density at radius 3 is 2.42 bits per heavy atom. The molecule has 0 aromatic carbocycles. The summed E-state index contributed by atoms with van der Waals surface area (Å²) < 4.78 is 4.92. The second-order valence-electron chi connectivity index (χ2n) is 5.31. The molecule has 0 radical (unpaired) electrons. The Morgan fingerprint density at radius 2 is 2.05 bits per heavy atom. The lowest BCUT2D eigenvalue weighted by atomic mass is 9.87. The van der Waals surface area contributed by atoms with Gasteiger partial charge in [-0.2, -0.15) is 0 Å². The van der Waals surface area contributed by atoms with Crippen LogP contribution in [0.3, 0.4) is 0 Å². The SMILES string of the molecule is C=CCN(CCOC)C(=O)N[C@H](C(=O)O)C(C)(C)C. The summed E-state index contributed by atoms with van der Waals surface area (Å²) in [7, 11) is 1.54. The van der Waals surface area contributed by atoms with Crippen molar-refractivity contribution in [1.29, 1.82) is 0 Å². The second kappa shape index (κ2) is 7.78. The Hall–Kier alpha value is -1.56. The first-order valence-corrected chi connectivity index (χ1v) is 6.12. The molecule has 0 unspecified atom stereocenters. The molecule has 0 saturated carbocycles. The van der Waals surface area contributed by atoms with Crippen LogP contribution >= 0.6 is 0 Å². The second-order valence-corrected chi connectivity index (χ2v) is 5.31. The number of amides is 2. The van der Waals surface area contributed by atoms with Gasteiger partial charge in [0.2, 0.25) is 0 Å². The topological polar surface area (TPSA) is 78.9 Å². The first-order valence-electron chi connectivity index (χ1n) is 6.12. The smallest absolute Gasteiger partial charge is 0.326 e. The van der Waals surface area contributed by atoms with Crippen LogP contribution in [0.25, 0.3) is 0 Å². The Morgan fingerprint density at radius 1 is 1.47 bits per heavy atom. The molecule has 0 fully saturated rings. The standard InChI is InChI=1S/C13H24N2O4/c1-6-7-15(8-9-19-5)12(18)14-10(11(16)17)13(2,3)4/h6,10H,1,7-9H2,2-5H3,(H,14,18)(H,16,17)/t10-/m1/s1. The Kier molecular flexibility index (Phi) is 7.14. The van der Waals surface area contributed by atoms with Crippen molar-refractivity contribution in [3.63, 3.8) is 0 Å². The molecule has 110 valence electrons. The average molecular weight is 272 g/mol. The molecule has 0 heterocycles. The highest BCUT2D eigenvalue weighted by atomic mass is 16.5. The van der Waals surface area contributed by atoms with Crippen LogP contribution in [-0.4, -0.2) is 54.9 Å². The lowest BCUT2D eigenvalue weighted by Crippen LogP contribution is -2.53. The van der Waals surface area contributed by atoms with E-state index in [2.05, 4.69) is 11.9 Å². The van der Waals surface area contributed by atoms with Gasteiger partial charge < -0.3 is 20.1 Å². The zero-order chi connectivity index (χ0) is 15.1. The first kappa shape index (κ1) is 17.4. The predicted octanol–water partition coefficient (Wildman–Crippen LogP) is 1.33. The van der Waals surface area contributed by atoms with E-state index in [1.165, 1.54) is 4.90 Å². The highest BCUT2D eigenvalue weighted by Gasteiger charge is 2.33. The maximum absolute atomic E-state index is 12.0. The summed E-state index contributed by atoms with van der Waals surface area (Å²) in [5.41, 5.74) is -0.567. The van der Waals surface area contributed by atoms with Gasteiger partial charge in [0.1, 0.15) is 6.04 Å². The minimum Gasteiger partial charge on any atom is -0.480 e. The van der Waals surface area contributed by atoms with Crippen molar-refractivity contribution in [2.75, 3.05) is 26.8 Å². The molecular weight excluding hydrogens is 248 g/mol. The molecule has 2 N–H and O–H groups in total. The van der Waals surface area contributed by atoms with Crippen LogP contribution in [0.4, 0.5) is 4.79 Å². The number of carbonyl (C=O) groups is 2. The summed E-state index contributed by atoms with van der Waals surface area (Å²) in [5, 5.41) is 11.7. The number of carboxylic acids is 1. The van der Waals surface area contributed by atoms with Crippen LogP contribution in [-0.2, 0) is 9.53 Å². The molecule has 0 bridgehead atoms. The van der Waals surface area contributed by atoms with Gasteiger partial charge in [0.05, 0.1) is 6.61 Å². The van der Waals surface area contributed by atoms with E-state index in [0.29, 0.717) is 19.7 Å². The summed E-state index contributed by atoms with van der Waals surface area (Å²) >= 11 is 0. The van der Waals surface area contributed by atoms with Gasteiger partial charge in [0.15, 0.2) is 0 Å².